The van der Waals surface area contributed by atoms with Crippen LogP contribution in [0.25, 0.3) is 5.65 Å². The summed E-state index contributed by atoms with van der Waals surface area (Å²) in [7, 11) is 0. The highest BCUT2D eigenvalue weighted by Gasteiger charge is 2.32. The first-order valence-corrected chi connectivity index (χ1v) is 13.1. The molecule has 212 valence electrons. The second kappa shape index (κ2) is 11.5. The number of aromatic nitrogens is 4. The average Bonchev–Trinajstić information content (AvgIpc) is 3.34. The molecule has 0 radical (unpaired) electrons. The Hall–Kier alpha value is -5.20. The summed E-state index contributed by atoms with van der Waals surface area (Å²) in [5, 5.41) is 11.3. The maximum absolute atomic E-state index is 13.5. The molecule has 1 aliphatic rings. The molecule has 5 rings (SSSR count). The van der Waals surface area contributed by atoms with E-state index in [2.05, 4.69) is 20.8 Å². The van der Waals surface area contributed by atoms with Gasteiger partial charge in [0.1, 0.15) is 6.61 Å². The Morgan fingerprint density at radius 3 is 2.59 bits per heavy atom. The number of hydrogen-bond donors (Lipinski definition) is 3. The molecule has 0 atom stereocenters. The van der Waals surface area contributed by atoms with Crippen molar-refractivity contribution in [1.29, 1.82) is 0 Å². The van der Waals surface area contributed by atoms with E-state index in [1.54, 1.807) is 9.47 Å². The summed E-state index contributed by atoms with van der Waals surface area (Å²) in [5.74, 6) is -1.40. The molecule has 0 fully saturated rings. The van der Waals surface area contributed by atoms with Crippen molar-refractivity contribution in [2.75, 3.05) is 13.1 Å². The van der Waals surface area contributed by atoms with E-state index in [0.717, 1.165) is 5.56 Å². The molecular weight excluding hydrogens is 530 g/mol. The number of benzene rings is 1. The molecule has 4 heterocycles. The normalized spacial score (nSPS) is 12.9. The average molecular weight is 560 g/mol. The minimum absolute atomic E-state index is 0.0276. The van der Waals surface area contributed by atoms with E-state index in [1.807, 2.05) is 44.2 Å². The number of pyridine rings is 2. The molecule has 4 aromatic rings. The molecule has 1 aliphatic heterocycles. The van der Waals surface area contributed by atoms with Gasteiger partial charge in [0.15, 0.2) is 17.1 Å². The molecule has 3 aromatic heterocycles. The van der Waals surface area contributed by atoms with Crippen molar-refractivity contribution in [3.63, 3.8) is 0 Å². The van der Waals surface area contributed by atoms with E-state index in [4.69, 9.17) is 4.74 Å². The molecule has 0 saturated carbocycles. The van der Waals surface area contributed by atoms with Gasteiger partial charge >= 0.3 is 5.69 Å². The topological polar surface area (TPSA) is 160 Å². The first-order chi connectivity index (χ1) is 19.7. The van der Waals surface area contributed by atoms with E-state index >= 15 is 0 Å². The Labute approximate surface area is 233 Å². The summed E-state index contributed by atoms with van der Waals surface area (Å²) in [6, 6.07) is 13.6. The van der Waals surface area contributed by atoms with Crippen LogP contribution in [0.5, 0.6) is 5.75 Å². The number of nitrogens with one attached hydrogen (secondary N) is 3. The van der Waals surface area contributed by atoms with Gasteiger partial charge in [0.25, 0.3) is 11.8 Å². The first kappa shape index (κ1) is 27.4. The van der Waals surface area contributed by atoms with Crippen LogP contribution in [0.1, 0.15) is 46.0 Å². The number of H-pyrrole nitrogens is 1. The van der Waals surface area contributed by atoms with Crippen molar-refractivity contribution in [1.82, 2.24) is 34.7 Å². The minimum atomic E-state index is -0.553. The largest absolute Gasteiger partial charge is 0.483 e. The number of hydrogen-bond acceptors (Lipinski definition) is 7. The lowest BCUT2D eigenvalue weighted by atomic mass is 10.1. The van der Waals surface area contributed by atoms with Crippen LogP contribution in [-0.2, 0) is 24.5 Å². The molecule has 13 heteroatoms. The molecular formula is C28H29N7O6. The maximum atomic E-state index is 13.5. The van der Waals surface area contributed by atoms with Crippen LogP contribution in [0.4, 0.5) is 0 Å². The predicted octanol–water partition coefficient (Wildman–Crippen LogP) is 0.674. The van der Waals surface area contributed by atoms with E-state index < -0.39 is 22.9 Å². The van der Waals surface area contributed by atoms with Crippen LogP contribution in [0.15, 0.2) is 64.3 Å². The number of nitrogens with zero attached hydrogens (tertiary/aromatic N) is 4. The Kier molecular flexibility index (Phi) is 7.68. The summed E-state index contributed by atoms with van der Waals surface area (Å²) < 4.78 is 8.79. The van der Waals surface area contributed by atoms with E-state index in [9.17, 15) is 24.0 Å². The van der Waals surface area contributed by atoms with Crippen LogP contribution >= 0.6 is 0 Å². The van der Waals surface area contributed by atoms with E-state index in [-0.39, 0.29) is 48.7 Å². The number of aromatic amines is 1. The van der Waals surface area contributed by atoms with Crippen molar-refractivity contribution in [3.05, 3.63) is 98.0 Å². The lowest BCUT2D eigenvalue weighted by Gasteiger charge is -2.35. The summed E-state index contributed by atoms with van der Waals surface area (Å²) in [6.45, 7) is 4.40. The third kappa shape index (κ3) is 5.73. The minimum Gasteiger partial charge on any atom is -0.483 e. The molecule has 0 aliphatic carbocycles. The predicted molar refractivity (Wildman–Crippen MR) is 148 cm³/mol. The molecule has 13 nitrogen and oxygen atoms in total. The lowest BCUT2D eigenvalue weighted by Crippen LogP contribution is -2.46. The Bertz CT molecular complexity index is 1740. The highest BCUT2D eigenvalue weighted by molar-refractivity contribution is 5.97. The SMILES string of the molecule is CC(C)N1CCn2c(CNC(=O)CNC(=O)c3ccc4n[nH]c(=O)n4c3)cc(=O)c(OCc3ccccc3)c2C1=O. The van der Waals surface area contributed by atoms with Gasteiger partial charge in [-0.15, -0.1) is 0 Å². The van der Waals surface area contributed by atoms with Gasteiger partial charge in [-0.25, -0.2) is 14.3 Å². The van der Waals surface area contributed by atoms with Gasteiger partial charge in [0, 0.05) is 37.1 Å². The van der Waals surface area contributed by atoms with Gasteiger partial charge in [0.2, 0.25) is 11.3 Å². The monoisotopic (exact) mass is 559 g/mol. The molecule has 3 N–H and O–H groups in total. The van der Waals surface area contributed by atoms with Gasteiger partial charge in [-0.3, -0.25) is 19.2 Å². The van der Waals surface area contributed by atoms with Crippen molar-refractivity contribution in [3.8, 4) is 5.75 Å². The number of carbonyl (C=O) groups excluding carboxylic acids is 3. The van der Waals surface area contributed by atoms with Gasteiger partial charge in [-0.2, -0.15) is 5.10 Å². The second-order valence-corrected chi connectivity index (χ2v) is 9.83. The molecule has 3 amide bonds. The van der Waals surface area contributed by atoms with E-state index in [0.29, 0.717) is 24.4 Å². The van der Waals surface area contributed by atoms with Crippen LogP contribution in [0.3, 0.4) is 0 Å². The zero-order chi connectivity index (χ0) is 29.1. The second-order valence-electron chi connectivity index (χ2n) is 9.83. The summed E-state index contributed by atoms with van der Waals surface area (Å²) in [4.78, 5) is 65.1. The number of rotatable bonds is 9. The Balaban J connectivity index is 1.30. The number of fused-ring (bicyclic) bond motifs is 2. The highest BCUT2D eigenvalue weighted by atomic mass is 16.5. The van der Waals surface area contributed by atoms with Gasteiger partial charge in [-0.1, -0.05) is 30.3 Å². The molecule has 0 spiro atoms. The summed E-state index contributed by atoms with van der Waals surface area (Å²) in [5.41, 5.74) is 1.02. The van der Waals surface area contributed by atoms with Crippen molar-refractivity contribution in [2.24, 2.45) is 0 Å². The van der Waals surface area contributed by atoms with E-state index in [1.165, 1.54) is 28.8 Å². The fourth-order valence-corrected chi connectivity index (χ4v) is 4.65. The first-order valence-electron chi connectivity index (χ1n) is 13.1. The molecule has 1 aromatic carbocycles. The Morgan fingerprint density at radius 1 is 1.05 bits per heavy atom. The molecule has 0 unspecified atom stereocenters. The Morgan fingerprint density at radius 2 is 1.83 bits per heavy atom. The number of carbonyl (C=O) groups is 3. The van der Waals surface area contributed by atoms with Crippen LogP contribution in [0, 0.1) is 0 Å². The van der Waals surface area contributed by atoms with Crippen LogP contribution in [0.2, 0.25) is 0 Å². The third-order valence-electron chi connectivity index (χ3n) is 6.78. The summed E-state index contributed by atoms with van der Waals surface area (Å²) in [6.07, 6.45) is 1.33. The van der Waals surface area contributed by atoms with Crippen LogP contribution < -0.4 is 26.5 Å². The summed E-state index contributed by atoms with van der Waals surface area (Å²) >= 11 is 0. The zero-order valence-electron chi connectivity index (χ0n) is 22.5. The van der Waals surface area contributed by atoms with Crippen molar-refractivity contribution in [2.45, 2.75) is 39.6 Å². The zero-order valence-corrected chi connectivity index (χ0v) is 22.5. The number of amides is 3. The van der Waals surface area contributed by atoms with Crippen molar-refractivity contribution >= 4 is 23.4 Å². The molecule has 0 bridgehead atoms. The fraction of sp³-hybridized carbons (Fsp3) is 0.286. The smallest absolute Gasteiger partial charge is 0.347 e. The van der Waals surface area contributed by atoms with Crippen LogP contribution in [-0.4, -0.2) is 60.9 Å². The third-order valence-corrected chi connectivity index (χ3v) is 6.78. The molecule has 41 heavy (non-hydrogen) atoms. The highest BCUT2D eigenvalue weighted by Crippen LogP contribution is 2.24. The van der Waals surface area contributed by atoms with Gasteiger partial charge in [0.05, 0.1) is 18.7 Å². The fourth-order valence-electron chi connectivity index (χ4n) is 4.65. The van der Waals surface area contributed by atoms with Gasteiger partial charge < -0.3 is 24.8 Å². The van der Waals surface area contributed by atoms with Gasteiger partial charge in [-0.05, 0) is 31.5 Å². The van der Waals surface area contributed by atoms with Crippen molar-refractivity contribution < 1.29 is 19.1 Å². The number of ether oxygens (including phenoxy) is 1. The quantitative estimate of drug-likeness (QED) is 0.272. The standard InChI is InChI=1S/C28H29N7O6/c1-17(2)33-10-11-34-20(12-21(36)25(24(34)27(33)39)41-16-18-6-4-3-5-7-18)13-29-23(37)14-30-26(38)19-8-9-22-31-32-28(40)35(22)15-19/h3-9,12,15,17H,10-11,13-14,16H2,1-2H3,(H,29,37)(H,30,38)(H,32,40). The molecule has 0 saturated heterocycles. The lowest BCUT2D eigenvalue weighted by molar-refractivity contribution is -0.120. The maximum Gasteiger partial charge on any atom is 0.347 e.